The van der Waals surface area contributed by atoms with Gasteiger partial charge in [0.2, 0.25) is 0 Å². The molecule has 0 bridgehead atoms. The summed E-state index contributed by atoms with van der Waals surface area (Å²) < 4.78 is 7.24. The van der Waals surface area contributed by atoms with Gasteiger partial charge in [0.15, 0.2) is 0 Å². The van der Waals surface area contributed by atoms with E-state index in [4.69, 9.17) is 9.84 Å². The molecule has 100 valence electrons. The van der Waals surface area contributed by atoms with Gasteiger partial charge in [-0.15, -0.1) is 0 Å². The van der Waals surface area contributed by atoms with Crippen LogP contribution in [0.2, 0.25) is 0 Å². The predicted molar refractivity (Wildman–Crippen MR) is 65.3 cm³/mol. The van der Waals surface area contributed by atoms with Crippen molar-refractivity contribution in [3.8, 4) is 0 Å². The fourth-order valence-electron chi connectivity index (χ4n) is 2.24. The van der Waals surface area contributed by atoms with E-state index in [1.165, 1.54) is 0 Å². The highest BCUT2D eigenvalue weighted by atomic mass is 16.5. The molecule has 1 N–H and O–H groups in total. The fourth-order valence-corrected chi connectivity index (χ4v) is 2.24. The maximum absolute atomic E-state index is 10.8. The summed E-state index contributed by atoms with van der Waals surface area (Å²) in [4.78, 5) is 13.0. The number of ether oxygens (including phenoxy) is 1. The Hall–Kier alpha value is -1.40. The summed E-state index contributed by atoms with van der Waals surface area (Å²) in [7, 11) is 0. The largest absolute Gasteiger partial charge is 0.481 e. The molecule has 1 aliphatic rings. The van der Waals surface area contributed by atoms with Gasteiger partial charge in [-0.3, -0.25) is 14.4 Å². The van der Waals surface area contributed by atoms with Gasteiger partial charge in [-0.25, -0.2) is 0 Å². The van der Waals surface area contributed by atoms with Crippen LogP contribution >= 0.6 is 0 Å². The van der Waals surface area contributed by atoms with Crippen LogP contribution < -0.4 is 0 Å². The summed E-state index contributed by atoms with van der Waals surface area (Å²) in [5, 5.41) is 13.0. The summed E-state index contributed by atoms with van der Waals surface area (Å²) in [5.74, 6) is -0.762. The van der Waals surface area contributed by atoms with Gasteiger partial charge in [0, 0.05) is 38.1 Å². The number of carboxylic acids is 1. The highest BCUT2D eigenvalue weighted by Crippen LogP contribution is 2.11. The van der Waals surface area contributed by atoms with E-state index in [1.807, 2.05) is 16.9 Å². The van der Waals surface area contributed by atoms with Crippen molar-refractivity contribution in [2.75, 3.05) is 26.3 Å². The third kappa shape index (κ3) is 3.82. The molecule has 2 heterocycles. The number of aliphatic carboxylic acids is 1. The van der Waals surface area contributed by atoms with E-state index in [0.29, 0.717) is 13.2 Å². The lowest BCUT2D eigenvalue weighted by molar-refractivity contribution is -0.140. The van der Waals surface area contributed by atoms with E-state index in [9.17, 15) is 4.79 Å². The summed E-state index contributed by atoms with van der Waals surface area (Å²) in [6.07, 6.45) is 4.83. The van der Waals surface area contributed by atoms with Crippen LogP contribution in [0.15, 0.2) is 18.5 Å². The number of hydrogen-bond donors (Lipinski definition) is 1. The number of morpholine rings is 1. The smallest absolute Gasteiger partial charge is 0.305 e. The first-order valence-electron chi connectivity index (χ1n) is 6.27. The third-order valence-corrected chi connectivity index (χ3v) is 3.15. The molecule has 0 radical (unpaired) electrons. The first-order chi connectivity index (χ1) is 8.75. The molecular weight excluding hydrogens is 234 g/mol. The van der Waals surface area contributed by atoms with Gasteiger partial charge in [-0.2, -0.15) is 5.10 Å². The molecule has 0 aliphatic carbocycles. The number of rotatable bonds is 6. The second-order valence-corrected chi connectivity index (χ2v) is 4.49. The molecule has 1 aromatic rings. The lowest BCUT2D eigenvalue weighted by Crippen LogP contribution is -2.46. The minimum atomic E-state index is -0.762. The highest BCUT2D eigenvalue weighted by Gasteiger charge is 2.24. The molecule has 2 rings (SSSR count). The van der Waals surface area contributed by atoms with E-state index in [-0.39, 0.29) is 12.5 Å². The number of carboxylic acid groups (broad SMARTS) is 1. The molecular formula is C12H19N3O3. The van der Waals surface area contributed by atoms with Crippen molar-refractivity contribution in [3.63, 3.8) is 0 Å². The van der Waals surface area contributed by atoms with Crippen molar-refractivity contribution in [2.45, 2.75) is 25.4 Å². The van der Waals surface area contributed by atoms with E-state index >= 15 is 0 Å². The van der Waals surface area contributed by atoms with Crippen LogP contribution in [0, 0.1) is 0 Å². The van der Waals surface area contributed by atoms with Crippen molar-refractivity contribution in [2.24, 2.45) is 0 Å². The van der Waals surface area contributed by atoms with Crippen molar-refractivity contribution >= 4 is 5.97 Å². The number of nitrogens with zero attached hydrogens (tertiary/aromatic N) is 3. The molecule has 6 nitrogen and oxygen atoms in total. The lowest BCUT2D eigenvalue weighted by atomic mass is 10.1. The van der Waals surface area contributed by atoms with E-state index in [2.05, 4.69) is 10.00 Å². The van der Waals surface area contributed by atoms with Crippen molar-refractivity contribution in [3.05, 3.63) is 18.5 Å². The normalized spacial score (nSPS) is 21.0. The Kier molecular flexibility index (Phi) is 4.72. The molecule has 1 atom stereocenters. The van der Waals surface area contributed by atoms with E-state index < -0.39 is 5.97 Å². The number of aromatic nitrogens is 2. The average molecular weight is 253 g/mol. The van der Waals surface area contributed by atoms with Crippen LogP contribution in [0.25, 0.3) is 0 Å². The van der Waals surface area contributed by atoms with Gasteiger partial charge in [-0.05, 0) is 12.5 Å². The zero-order valence-electron chi connectivity index (χ0n) is 10.4. The van der Waals surface area contributed by atoms with Gasteiger partial charge in [0.05, 0.1) is 19.6 Å². The first kappa shape index (κ1) is 13.0. The zero-order valence-corrected chi connectivity index (χ0v) is 10.4. The molecule has 18 heavy (non-hydrogen) atoms. The topological polar surface area (TPSA) is 67.6 Å². The van der Waals surface area contributed by atoms with Gasteiger partial charge in [-0.1, -0.05) is 0 Å². The van der Waals surface area contributed by atoms with Crippen LogP contribution in [0.1, 0.15) is 12.8 Å². The molecule has 6 heteroatoms. The Bertz CT molecular complexity index is 367. The molecule has 1 aromatic heterocycles. The van der Waals surface area contributed by atoms with Crippen LogP contribution in [0.5, 0.6) is 0 Å². The zero-order chi connectivity index (χ0) is 12.8. The van der Waals surface area contributed by atoms with E-state index in [1.54, 1.807) is 6.20 Å². The minimum absolute atomic E-state index is 0.00821. The molecule has 0 aromatic carbocycles. The summed E-state index contributed by atoms with van der Waals surface area (Å²) >= 11 is 0. The summed E-state index contributed by atoms with van der Waals surface area (Å²) in [5.41, 5.74) is 0. The van der Waals surface area contributed by atoms with Crippen molar-refractivity contribution in [1.82, 2.24) is 14.7 Å². The molecule has 0 spiro atoms. The molecule has 0 saturated carbocycles. The number of hydrogen-bond acceptors (Lipinski definition) is 4. The Morgan fingerprint density at radius 3 is 3.11 bits per heavy atom. The summed E-state index contributed by atoms with van der Waals surface area (Å²) in [6, 6.07) is 1.91. The second kappa shape index (κ2) is 6.51. The SMILES string of the molecule is O=C(O)CC1COCCN1CCCn1cccn1. The van der Waals surface area contributed by atoms with Crippen molar-refractivity contribution in [1.29, 1.82) is 0 Å². The maximum Gasteiger partial charge on any atom is 0.305 e. The Balaban J connectivity index is 1.76. The Labute approximate surface area is 106 Å². The van der Waals surface area contributed by atoms with Crippen molar-refractivity contribution < 1.29 is 14.6 Å². The summed E-state index contributed by atoms with van der Waals surface area (Å²) in [6.45, 7) is 3.79. The molecule has 1 fully saturated rings. The van der Waals surface area contributed by atoms with Crippen LogP contribution in [-0.2, 0) is 16.1 Å². The molecule has 1 saturated heterocycles. The fraction of sp³-hybridized carbons (Fsp3) is 0.667. The molecule has 1 aliphatic heterocycles. The monoisotopic (exact) mass is 253 g/mol. The van der Waals surface area contributed by atoms with Crippen LogP contribution in [-0.4, -0.2) is 58.1 Å². The average Bonchev–Trinajstić information content (AvgIpc) is 2.84. The van der Waals surface area contributed by atoms with Gasteiger partial charge in [0.25, 0.3) is 0 Å². The highest BCUT2D eigenvalue weighted by molar-refractivity contribution is 5.67. The Morgan fingerprint density at radius 1 is 1.50 bits per heavy atom. The van der Waals surface area contributed by atoms with Crippen LogP contribution in [0.4, 0.5) is 0 Å². The number of carbonyl (C=O) groups is 1. The predicted octanol–water partition coefficient (Wildman–Crippen LogP) is 0.449. The van der Waals surface area contributed by atoms with Gasteiger partial charge >= 0.3 is 5.97 Å². The minimum Gasteiger partial charge on any atom is -0.481 e. The first-order valence-corrected chi connectivity index (χ1v) is 6.27. The molecule has 0 amide bonds. The quantitative estimate of drug-likeness (QED) is 0.797. The van der Waals surface area contributed by atoms with E-state index in [0.717, 1.165) is 26.1 Å². The number of aryl methyl sites for hydroxylation is 1. The third-order valence-electron chi connectivity index (χ3n) is 3.15. The van der Waals surface area contributed by atoms with Gasteiger partial charge in [0.1, 0.15) is 0 Å². The van der Waals surface area contributed by atoms with Crippen LogP contribution in [0.3, 0.4) is 0 Å². The van der Waals surface area contributed by atoms with Gasteiger partial charge < -0.3 is 9.84 Å². The standard InChI is InChI=1S/C12H19N3O3/c16-12(17)9-11-10-18-8-7-14(11)4-2-6-15-5-1-3-13-15/h1,3,5,11H,2,4,6-10H2,(H,16,17). The Morgan fingerprint density at radius 2 is 2.39 bits per heavy atom. The maximum atomic E-state index is 10.8. The second-order valence-electron chi connectivity index (χ2n) is 4.49. The lowest BCUT2D eigenvalue weighted by Gasteiger charge is -2.34. The molecule has 1 unspecified atom stereocenters.